The van der Waals surface area contributed by atoms with Gasteiger partial charge in [-0.1, -0.05) is 6.58 Å². The average Bonchev–Trinajstić information content (AvgIpc) is 3.10. The normalized spacial score (nSPS) is 39.5. The number of carbonyl (C=O) groups is 3. The molecular formula is C24H34O8. The van der Waals surface area contributed by atoms with Gasteiger partial charge in [0.05, 0.1) is 25.6 Å². The molecule has 4 atom stereocenters. The zero-order chi connectivity index (χ0) is 23.1. The quantitative estimate of drug-likeness (QED) is 0.316. The van der Waals surface area contributed by atoms with E-state index < -0.39 is 16.8 Å². The van der Waals surface area contributed by atoms with E-state index in [1.807, 2.05) is 0 Å². The average molecular weight is 451 g/mol. The molecule has 1 aliphatic heterocycles. The predicted molar refractivity (Wildman–Crippen MR) is 112 cm³/mol. The molecule has 32 heavy (non-hydrogen) atoms. The smallest absolute Gasteiger partial charge is 0.333 e. The summed E-state index contributed by atoms with van der Waals surface area (Å²) in [6.07, 6.45) is 4.98. The van der Waals surface area contributed by atoms with Crippen molar-refractivity contribution in [3.63, 3.8) is 0 Å². The Bertz CT molecular complexity index is 790. The molecule has 1 saturated heterocycles. The standard InChI is InChI=1S/C24H34O8/c1-15(2)20(26)32-24-10-16-7-17(11-24)9-23(8-16,14-24)21(27)29-12-18-13-30-22(3,31-18)6-5-19(25)28-4/h16-18H,1,5-14H2,2-4H3. The van der Waals surface area contributed by atoms with Crippen LogP contribution >= 0.6 is 0 Å². The van der Waals surface area contributed by atoms with E-state index in [-0.39, 0.29) is 37.0 Å². The molecule has 0 aromatic carbocycles. The van der Waals surface area contributed by atoms with Gasteiger partial charge in [0.15, 0.2) is 5.79 Å². The van der Waals surface area contributed by atoms with Crippen LogP contribution in [0.15, 0.2) is 12.2 Å². The topological polar surface area (TPSA) is 97.4 Å². The zero-order valence-electron chi connectivity index (χ0n) is 19.3. The molecule has 8 nitrogen and oxygen atoms in total. The lowest BCUT2D eigenvalue weighted by molar-refractivity contribution is -0.212. The van der Waals surface area contributed by atoms with Crippen molar-refractivity contribution < 1.29 is 38.1 Å². The van der Waals surface area contributed by atoms with Crippen LogP contribution in [-0.2, 0) is 38.1 Å². The van der Waals surface area contributed by atoms with Crippen LogP contribution in [0, 0.1) is 17.3 Å². The molecule has 4 bridgehead atoms. The molecule has 8 heteroatoms. The van der Waals surface area contributed by atoms with Crippen molar-refractivity contribution in [2.45, 2.75) is 82.7 Å². The summed E-state index contributed by atoms with van der Waals surface area (Å²) < 4.78 is 28.0. The second-order valence-electron chi connectivity index (χ2n) is 10.5. The van der Waals surface area contributed by atoms with Gasteiger partial charge in [0, 0.05) is 18.4 Å². The summed E-state index contributed by atoms with van der Waals surface area (Å²) >= 11 is 0. The first-order valence-corrected chi connectivity index (χ1v) is 11.5. The number of carbonyl (C=O) groups excluding carboxylic acids is 3. The van der Waals surface area contributed by atoms with E-state index in [0.29, 0.717) is 36.9 Å². The van der Waals surface area contributed by atoms with Crippen LogP contribution in [0.4, 0.5) is 0 Å². The first-order chi connectivity index (χ1) is 15.1. The fourth-order valence-electron chi connectivity index (χ4n) is 6.48. The zero-order valence-corrected chi connectivity index (χ0v) is 19.3. The molecule has 4 saturated carbocycles. The highest BCUT2D eigenvalue weighted by Crippen LogP contribution is 2.63. The lowest BCUT2D eigenvalue weighted by Gasteiger charge is -2.59. The minimum Gasteiger partial charge on any atom is -0.469 e. The van der Waals surface area contributed by atoms with E-state index in [1.54, 1.807) is 13.8 Å². The van der Waals surface area contributed by atoms with E-state index in [2.05, 4.69) is 11.3 Å². The maximum Gasteiger partial charge on any atom is 0.333 e. The van der Waals surface area contributed by atoms with Crippen molar-refractivity contribution in [2.24, 2.45) is 17.3 Å². The van der Waals surface area contributed by atoms with Crippen LogP contribution in [0.3, 0.4) is 0 Å². The summed E-state index contributed by atoms with van der Waals surface area (Å²) in [7, 11) is 1.34. The number of hydrogen-bond donors (Lipinski definition) is 0. The van der Waals surface area contributed by atoms with Crippen molar-refractivity contribution in [3.8, 4) is 0 Å². The van der Waals surface area contributed by atoms with Gasteiger partial charge in [-0.25, -0.2) is 4.79 Å². The Morgan fingerprint density at radius 1 is 1.12 bits per heavy atom. The van der Waals surface area contributed by atoms with Gasteiger partial charge >= 0.3 is 17.9 Å². The Morgan fingerprint density at radius 2 is 1.81 bits per heavy atom. The summed E-state index contributed by atoms with van der Waals surface area (Å²) in [5.41, 5.74) is -0.808. The third-order valence-electron chi connectivity index (χ3n) is 7.50. The van der Waals surface area contributed by atoms with E-state index in [0.717, 1.165) is 32.1 Å². The maximum atomic E-state index is 13.3. The molecule has 1 heterocycles. The molecule has 4 unspecified atom stereocenters. The van der Waals surface area contributed by atoms with Gasteiger partial charge in [-0.15, -0.1) is 0 Å². The van der Waals surface area contributed by atoms with Gasteiger partial charge in [-0.2, -0.15) is 0 Å². The van der Waals surface area contributed by atoms with Crippen LogP contribution in [0.2, 0.25) is 0 Å². The molecule has 0 radical (unpaired) electrons. The summed E-state index contributed by atoms with van der Waals surface area (Å²) in [4.78, 5) is 37.0. The summed E-state index contributed by atoms with van der Waals surface area (Å²) in [6.45, 7) is 7.52. The molecule has 0 amide bonds. The van der Waals surface area contributed by atoms with Crippen molar-refractivity contribution in [1.29, 1.82) is 0 Å². The predicted octanol–water partition coefficient (Wildman–Crippen LogP) is 3.07. The minimum atomic E-state index is -0.896. The molecule has 0 N–H and O–H groups in total. The summed E-state index contributed by atoms with van der Waals surface area (Å²) in [5, 5.41) is 0. The molecular weight excluding hydrogens is 416 g/mol. The Balaban J connectivity index is 1.35. The third kappa shape index (κ3) is 4.57. The highest BCUT2D eigenvalue weighted by molar-refractivity contribution is 5.87. The van der Waals surface area contributed by atoms with Crippen LogP contribution in [0.25, 0.3) is 0 Å². The van der Waals surface area contributed by atoms with Gasteiger partial charge in [0.25, 0.3) is 0 Å². The fraction of sp³-hybridized carbons (Fsp3) is 0.792. The second kappa shape index (κ2) is 8.45. The van der Waals surface area contributed by atoms with E-state index in [4.69, 9.17) is 18.9 Å². The highest BCUT2D eigenvalue weighted by Gasteiger charge is 2.63. The number of rotatable bonds is 8. The van der Waals surface area contributed by atoms with Crippen molar-refractivity contribution in [1.82, 2.24) is 0 Å². The Labute approximate surface area is 188 Å². The van der Waals surface area contributed by atoms with Gasteiger partial charge < -0.3 is 23.7 Å². The summed E-state index contributed by atoms with van der Waals surface area (Å²) in [5.74, 6) is -1.08. The van der Waals surface area contributed by atoms with Gasteiger partial charge in [0.1, 0.15) is 18.3 Å². The van der Waals surface area contributed by atoms with Crippen LogP contribution in [0.5, 0.6) is 0 Å². The minimum absolute atomic E-state index is 0.0995. The molecule has 0 spiro atoms. The van der Waals surface area contributed by atoms with Crippen molar-refractivity contribution in [2.75, 3.05) is 20.3 Å². The van der Waals surface area contributed by atoms with Gasteiger partial charge in [0.2, 0.25) is 0 Å². The largest absolute Gasteiger partial charge is 0.469 e. The third-order valence-corrected chi connectivity index (χ3v) is 7.50. The Hall–Kier alpha value is -1.93. The summed E-state index contributed by atoms with van der Waals surface area (Å²) in [6, 6.07) is 0. The van der Waals surface area contributed by atoms with E-state index in [1.165, 1.54) is 7.11 Å². The van der Waals surface area contributed by atoms with Crippen LogP contribution in [-0.4, -0.2) is 55.7 Å². The number of ether oxygens (including phenoxy) is 5. The van der Waals surface area contributed by atoms with Gasteiger partial charge in [-0.3, -0.25) is 9.59 Å². The number of methoxy groups -OCH3 is 1. The van der Waals surface area contributed by atoms with Crippen molar-refractivity contribution >= 4 is 17.9 Å². The maximum absolute atomic E-state index is 13.3. The fourth-order valence-corrected chi connectivity index (χ4v) is 6.48. The lowest BCUT2D eigenvalue weighted by atomic mass is 9.48. The molecule has 0 aromatic heterocycles. The Morgan fingerprint density at radius 3 is 2.44 bits per heavy atom. The molecule has 5 fully saturated rings. The van der Waals surface area contributed by atoms with E-state index in [9.17, 15) is 14.4 Å². The highest BCUT2D eigenvalue weighted by atomic mass is 16.8. The van der Waals surface area contributed by atoms with Crippen LogP contribution < -0.4 is 0 Å². The molecule has 0 aromatic rings. The monoisotopic (exact) mass is 450 g/mol. The molecule has 5 aliphatic rings. The SMILES string of the molecule is C=C(C)C(=O)OC12CC3CC(C1)CC(C(=O)OCC1COC(C)(CCC(=O)OC)O1)(C3)C2. The number of esters is 3. The Kier molecular flexibility index (Phi) is 6.13. The van der Waals surface area contributed by atoms with E-state index >= 15 is 0 Å². The molecule has 5 rings (SSSR count). The number of hydrogen-bond acceptors (Lipinski definition) is 8. The molecule has 178 valence electrons. The molecule has 4 aliphatic carbocycles. The van der Waals surface area contributed by atoms with Crippen LogP contribution in [0.1, 0.15) is 65.2 Å². The first kappa shape index (κ1) is 23.2. The first-order valence-electron chi connectivity index (χ1n) is 11.5. The second-order valence-corrected chi connectivity index (χ2v) is 10.5. The van der Waals surface area contributed by atoms with Crippen molar-refractivity contribution in [3.05, 3.63) is 12.2 Å². The lowest BCUT2D eigenvalue weighted by Crippen LogP contribution is -2.60. The van der Waals surface area contributed by atoms with Gasteiger partial charge in [-0.05, 0) is 57.8 Å².